The number of nitro groups is 1. The van der Waals surface area contributed by atoms with Crippen molar-refractivity contribution in [3.63, 3.8) is 0 Å². The molecule has 0 unspecified atom stereocenters. The third-order valence-corrected chi connectivity index (χ3v) is 3.57. The first kappa shape index (κ1) is 12.9. The average molecular weight is 332 g/mol. The molecular weight excluding hydrogens is 322 g/mol. The van der Waals surface area contributed by atoms with Crippen molar-refractivity contribution in [2.45, 2.75) is 6.42 Å². The summed E-state index contributed by atoms with van der Waals surface area (Å²) >= 11 is 3.42. The van der Waals surface area contributed by atoms with Gasteiger partial charge >= 0.3 is 0 Å². The monoisotopic (exact) mass is 331 g/mol. The molecule has 1 aliphatic carbocycles. The van der Waals surface area contributed by atoms with Crippen LogP contribution in [0.2, 0.25) is 0 Å². The van der Waals surface area contributed by atoms with Gasteiger partial charge < -0.3 is 4.42 Å². The number of furan rings is 1. The van der Waals surface area contributed by atoms with E-state index in [0.29, 0.717) is 12.2 Å². The minimum atomic E-state index is -0.386. The Kier molecular flexibility index (Phi) is 3.28. The largest absolute Gasteiger partial charge is 0.456 e. The number of halogens is 1. The van der Waals surface area contributed by atoms with Gasteiger partial charge in [0.25, 0.3) is 5.70 Å². The summed E-state index contributed by atoms with van der Waals surface area (Å²) in [5.74, 6) is 0.715. The van der Waals surface area contributed by atoms with Crippen LogP contribution in [0.3, 0.4) is 0 Å². The number of fused-ring (bicyclic) bond motifs is 1. The van der Waals surface area contributed by atoms with Crippen LogP contribution in [-0.2, 0) is 0 Å². The van der Waals surface area contributed by atoms with E-state index in [1.165, 1.54) is 6.08 Å². The second-order valence-electron chi connectivity index (χ2n) is 4.41. The Morgan fingerprint density at radius 3 is 2.85 bits per heavy atom. The van der Waals surface area contributed by atoms with Gasteiger partial charge in [-0.1, -0.05) is 22.0 Å². The zero-order valence-electron chi connectivity index (χ0n) is 10.4. The fourth-order valence-corrected chi connectivity index (χ4v) is 2.47. The van der Waals surface area contributed by atoms with E-state index in [9.17, 15) is 10.1 Å². The number of benzene rings is 1. The lowest BCUT2D eigenvalue weighted by atomic mass is 10.1. The van der Waals surface area contributed by atoms with E-state index >= 15 is 0 Å². The predicted molar refractivity (Wildman–Crippen MR) is 80.7 cm³/mol. The Bertz CT molecular complexity index is 784. The molecule has 0 saturated heterocycles. The van der Waals surface area contributed by atoms with Crippen LogP contribution in [0.5, 0.6) is 0 Å². The lowest BCUT2D eigenvalue weighted by Gasteiger charge is -1.94. The number of hydrogen-bond acceptors (Lipinski definition) is 3. The minimum Gasteiger partial charge on any atom is -0.456 e. The third-order valence-electron chi connectivity index (χ3n) is 3.07. The molecule has 1 aliphatic rings. The number of hydrogen-bond donors (Lipinski definition) is 0. The first-order valence-electron chi connectivity index (χ1n) is 6.06. The highest BCUT2D eigenvalue weighted by atomic mass is 79.9. The van der Waals surface area contributed by atoms with Crippen molar-refractivity contribution in [1.82, 2.24) is 0 Å². The molecule has 20 heavy (non-hydrogen) atoms. The summed E-state index contributed by atoms with van der Waals surface area (Å²) in [7, 11) is 0. The Morgan fingerprint density at radius 2 is 2.05 bits per heavy atom. The van der Waals surface area contributed by atoms with E-state index in [0.717, 1.165) is 21.0 Å². The van der Waals surface area contributed by atoms with Crippen LogP contribution < -0.4 is 0 Å². The first-order chi connectivity index (χ1) is 9.63. The van der Waals surface area contributed by atoms with Crippen molar-refractivity contribution in [3.05, 3.63) is 74.6 Å². The summed E-state index contributed by atoms with van der Waals surface area (Å²) in [4.78, 5) is 10.4. The van der Waals surface area contributed by atoms with Crippen molar-refractivity contribution in [2.75, 3.05) is 0 Å². The quantitative estimate of drug-likeness (QED) is 0.592. The molecule has 100 valence electrons. The van der Waals surface area contributed by atoms with E-state index in [-0.39, 0.29) is 10.6 Å². The van der Waals surface area contributed by atoms with Crippen LogP contribution in [0.1, 0.15) is 12.2 Å². The lowest BCUT2D eigenvalue weighted by Crippen LogP contribution is -1.93. The Hall–Kier alpha value is -2.14. The van der Waals surface area contributed by atoms with Crippen molar-refractivity contribution >= 4 is 32.5 Å². The smallest absolute Gasteiger partial charge is 0.265 e. The second kappa shape index (κ2) is 5.09. The highest BCUT2D eigenvalue weighted by Gasteiger charge is 2.12. The van der Waals surface area contributed by atoms with E-state index in [1.54, 1.807) is 12.2 Å². The Morgan fingerprint density at radius 1 is 1.20 bits per heavy atom. The number of nitrogens with zero attached hydrogens (tertiary/aromatic N) is 1. The molecule has 4 nitrogen and oxygen atoms in total. The van der Waals surface area contributed by atoms with Crippen molar-refractivity contribution < 1.29 is 9.34 Å². The molecule has 0 bridgehead atoms. The molecule has 0 saturated carbocycles. The lowest BCUT2D eigenvalue weighted by molar-refractivity contribution is -0.419. The van der Waals surface area contributed by atoms with Crippen molar-refractivity contribution in [3.8, 4) is 0 Å². The summed E-state index contributed by atoms with van der Waals surface area (Å²) < 4.78 is 6.77. The van der Waals surface area contributed by atoms with Gasteiger partial charge in [-0.2, -0.15) is 0 Å². The maximum atomic E-state index is 10.8. The maximum absolute atomic E-state index is 10.8. The van der Waals surface area contributed by atoms with Crippen LogP contribution in [0.4, 0.5) is 0 Å². The molecule has 0 N–H and O–H groups in total. The van der Waals surface area contributed by atoms with Gasteiger partial charge in [-0.15, -0.1) is 0 Å². The second-order valence-corrected chi connectivity index (χ2v) is 5.32. The van der Waals surface area contributed by atoms with Crippen LogP contribution in [0.15, 0.2) is 63.2 Å². The van der Waals surface area contributed by atoms with Gasteiger partial charge in [0.15, 0.2) is 0 Å². The molecule has 0 aliphatic heterocycles. The molecule has 3 rings (SSSR count). The molecule has 0 atom stereocenters. The standard InChI is InChI=1S/C15H10BrNO3/c16-12-5-7-14-11(8-12)9-15(20-14)10-2-1-3-13(6-4-10)17(18)19/h2-9H,1H2. The highest BCUT2D eigenvalue weighted by Crippen LogP contribution is 2.29. The molecule has 0 amide bonds. The van der Waals surface area contributed by atoms with Gasteiger partial charge in [-0.3, -0.25) is 10.1 Å². The molecule has 0 spiro atoms. The van der Waals surface area contributed by atoms with Crippen LogP contribution >= 0.6 is 15.9 Å². The van der Waals surface area contributed by atoms with Gasteiger partial charge in [0.2, 0.25) is 0 Å². The number of allylic oxidation sites excluding steroid dienone is 5. The summed E-state index contributed by atoms with van der Waals surface area (Å²) in [6, 6.07) is 7.72. The van der Waals surface area contributed by atoms with Gasteiger partial charge in [-0.05, 0) is 42.8 Å². The van der Waals surface area contributed by atoms with E-state index in [4.69, 9.17) is 4.42 Å². The van der Waals surface area contributed by atoms with Crippen LogP contribution in [0.25, 0.3) is 16.5 Å². The molecule has 0 fully saturated rings. The van der Waals surface area contributed by atoms with Crippen molar-refractivity contribution in [2.24, 2.45) is 0 Å². The van der Waals surface area contributed by atoms with Crippen molar-refractivity contribution in [1.29, 1.82) is 0 Å². The van der Waals surface area contributed by atoms with Crippen LogP contribution in [0, 0.1) is 10.1 Å². The van der Waals surface area contributed by atoms with Gasteiger partial charge in [-0.25, -0.2) is 0 Å². The van der Waals surface area contributed by atoms with Gasteiger partial charge in [0, 0.05) is 21.5 Å². The van der Waals surface area contributed by atoms with E-state index in [1.807, 2.05) is 30.3 Å². The molecule has 2 aromatic rings. The van der Waals surface area contributed by atoms with Gasteiger partial charge in [0.05, 0.1) is 4.92 Å². The minimum absolute atomic E-state index is 0.107. The molecule has 1 aromatic carbocycles. The summed E-state index contributed by atoms with van der Waals surface area (Å²) in [5.41, 5.74) is 1.75. The fraction of sp³-hybridized carbons (Fsp3) is 0.0667. The first-order valence-corrected chi connectivity index (χ1v) is 6.85. The molecule has 1 aromatic heterocycles. The fourth-order valence-electron chi connectivity index (χ4n) is 2.09. The predicted octanol–water partition coefficient (Wildman–Crippen LogP) is 4.70. The number of rotatable bonds is 2. The Labute approximate surface area is 123 Å². The highest BCUT2D eigenvalue weighted by molar-refractivity contribution is 9.10. The SMILES string of the molecule is O=[N+]([O-])C1=CCC=C(c2cc3cc(Br)ccc3o2)C=C1. The zero-order chi connectivity index (χ0) is 14.1. The topological polar surface area (TPSA) is 56.3 Å². The summed E-state index contributed by atoms with van der Waals surface area (Å²) in [5, 5.41) is 11.8. The third kappa shape index (κ3) is 2.44. The molecule has 5 heteroatoms. The normalized spacial score (nSPS) is 14.8. The maximum Gasteiger partial charge on any atom is 0.265 e. The summed E-state index contributed by atoms with van der Waals surface area (Å²) in [6.07, 6.45) is 7.23. The van der Waals surface area contributed by atoms with Crippen LogP contribution in [-0.4, -0.2) is 4.92 Å². The molecular formula is C15H10BrNO3. The van der Waals surface area contributed by atoms with E-state index < -0.39 is 0 Å². The molecule has 0 radical (unpaired) electrons. The molecule has 1 heterocycles. The van der Waals surface area contributed by atoms with Gasteiger partial charge in [0.1, 0.15) is 11.3 Å². The van der Waals surface area contributed by atoms with E-state index in [2.05, 4.69) is 15.9 Å². The average Bonchev–Trinajstić information content (AvgIpc) is 2.67. The summed E-state index contributed by atoms with van der Waals surface area (Å²) in [6.45, 7) is 0. The zero-order valence-corrected chi connectivity index (χ0v) is 12.0. The Balaban J connectivity index is 1.98.